The predicted molar refractivity (Wildman–Crippen MR) is 74.8 cm³/mol. The third-order valence-corrected chi connectivity index (χ3v) is 3.49. The Balaban J connectivity index is 2.91. The smallest absolute Gasteiger partial charge is 0.326 e. The minimum Gasteiger partial charge on any atom is -0.480 e. The van der Waals surface area contributed by atoms with Crippen LogP contribution in [-0.2, 0) is 4.79 Å². The van der Waals surface area contributed by atoms with Gasteiger partial charge in [0.05, 0.1) is 10.6 Å². The van der Waals surface area contributed by atoms with E-state index in [0.29, 0.717) is 11.4 Å². The highest BCUT2D eigenvalue weighted by Crippen LogP contribution is 2.21. The molecule has 1 aromatic carbocycles. The Morgan fingerprint density at radius 1 is 1.37 bits per heavy atom. The van der Waals surface area contributed by atoms with Crippen molar-refractivity contribution in [2.24, 2.45) is 5.92 Å². The molecule has 0 aliphatic carbocycles. The first-order valence-electron chi connectivity index (χ1n) is 5.85. The van der Waals surface area contributed by atoms with E-state index in [0.717, 1.165) is 0 Å². The van der Waals surface area contributed by atoms with Crippen LogP contribution >= 0.6 is 23.2 Å². The molecule has 0 fully saturated rings. The van der Waals surface area contributed by atoms with Gasteiger partial charge in [-0.2, -0.15) is 0 Å². The summed E-state index contributed by atoms with van der Waals surface area (Å²) in [5.74, 6) is -1.75. The number of carboxylic acid groups (broad SMARTS) is 1. The number of halogens is 2. The molecule has 4 nitrogen and oxygen atoms in total. The van der Waals surface area contributed by atoms with Gasteiger partial charge in [-0.25, -0.2) is 4.79 Å². The molecule has 2 N–H and O–H groups in total. The zero-order valence-corrected chi connectivity index (χ0v) is 12.1. The van der Waals surface area contributed by atoms with Gasteiger partial charge in [0.15, 0.2) is 0 Å². The second-order valence-electron chi connectivity index (χ2n) is 4.30. The van der Waals surface area contributed by atoms with Gasteiger partial charge in [0.2, 0.25) is 0 Å². The number of hydrogen-bond donors (Lipinski definition) is 2. The largest absolute Gasteiger partial charge is 0.480 e. The fraction of sp³-hybridized carbons (Fsp3) is 0.385. The van der Waals surface area contributed by atoms with Crippen molar-refractivity contribution in [3.05, 3.63) is 33.8 Å². The summed E-state index contributed by atoms with van der Waals surface area (Å²) >= 11 is 11.6. The van der Waals surface area contributed by atoms with E-state index in [1.807, 2.05) is 6.92 Å². The molecular weight excluding hydrogens is 289 g/mol. The maximum atomic E-state index is 12.0. The number of aliphatic carboxylic acids is 1. The monoisotopic (exact) mass is 303 g/mol. The van der Waals surface area contributed by atoms with Crippen LogP contribution in [0.25, 0.3) is 0 Å². The summed E-state index contributed by atoms with van der Waals surface area (Å²) in [6.45, 7) is 3.63. The predicted octanol–water partition coefficient (Wildman–Crippen LogP) is 3.22. The second-order valence-corrected chi connectivity index (χ2v) is 5.14. The number of amides is 1. The molecular formula is C13H15Cl2NO3. The molecule has 0 bridgehead atoms. The molecule has 2 atom stereocenters. The average molecular weight is 304 g/mol. The van der Waals surface area contributed by atoms with Crippen molar-refractivity contribution in [2.45, 2.75) is 26.3 Å². The molecule has 0 heterocycles. The summed E-state index contributed by atoms with van der Waals surface area (Å²) in [6.07, 6.45) is 0.644. The van der Waals surface area contributed by atoms with Crippen molar-refractivity contribution in [3.8, 4) is 0 Å². The Kier molecular flexibility index (Phi) is 5.63. The van der Waals surface area contributed by atoms with Crippen LogP contribution in [0.15, 0.2) is 18.2 Å². The SMILES string of the molecule is CCC(C)C(NC(=O)c1ccc(Cl)cc1Cl)C(=O)O. The number of hydrogen-bond acceptors (Lipinski definition) is 2. The molecule has 6 heteroatoms. The molecule has 0 radical (unpaired) electrons. The first-order chi connectivity index (χ1) is 8.86. The van der Waals surface area contributed by atoms with Crippen LogP contribution in [0.1, 0.15) is 30.6 Å². The van der Waals surface area contributed by atoms with Gasteiger partial charge in [-0.15, -0.1) is 0 Å². The Bertz CT molecular complexity index is 491. The van der Waals surface area contributed by atoms with Gasteiger partial charge in [-0.1, -0.05) is 43.5 Å². The van der Waals surface area contributed by atoms with Crippen molar-refractivity contribution in [1.82, 2.24) is 5.32 Å². The molecule has 0 saturated heterocycles. The number of benzene rings is 1. The standard InChI is InChI=1S/C13H15Cl2NO3/c1-3-7(2)11(13(18)19)16-12(17)9-5-4-8(14)6-10(9)15/h4-7,11H,3H2,1-2H3,(H,16,17)(H,18,19). The molecule has 19 heavy (non-hydrogen) atoms. The van der Waals surface area contributed by atoms with E-state index in [2.05, 4.69) is 5.32 Å². The van der Waals surface area contributed by atoms with Crippen molar-refractivity contribution in [1.29, 1.82) is 0 Å². The summed E-state index contributed by atoms with van der Waals surface area (Å²) in [7, 11) is 0. The van der Waals surface area contributed by atoms with E-state index >= 15 is 0 Å². The van der Waals surface area contributed by atoms with Crippen molar-refractivity contribution >= 4 is 35.1 Å². The van der Waals surface area contributed by atoms with Crippen molar-refractivity contribution < 1.29 is 14.7 Å². The topological polar surface area (TPSA) is 66.4 Å². The second kappa shape index (κ2) is 6.78. The van der Waals surface area contributed by atoms with Gasteiger partial charge in [0.1, 0.15) is 6.04 Å². The van der Waals surface area contributed by atoms with Gasteiger partial charge >= 0.3 is 5.97 Å². The maximum Gasteiger partial charge on any atom is 0.326 e. The third kappa shape index (κ3) is 4.11. The third-order valence-electron chi connectivity index (χ3n) is 2.94. The highest BCUT2D eigenvalue weighted by Gasteiger charge is 2.26. The van der Waals surface area contributed by atoms with E-state index in [4.69, 9.17) is 28.3 Å². The summed E-state index contributed by atoms with van der Waals surface area (Å²) in [6, 6.07) is 3.50. The molecule has 1 amide bonds. The van der Waals surface area contributed by atoms with Crippen LogP contribution in [0, 0.1) is 5.92 Å². The van der Waals surface area contributed by atoms with Crippen LogP contribution in [-0.4, -0.2) is 23.0 Å². The molecule has 0 aliphatic rings. The zero-order valence-electron chi connectivity index (χ0n) is 10.6. The lowest BCUT2D eigenvalue weighted by atomic mass is 9.99. The lowest BCUT2D eigenvalue weighted by Crippen LogP contribution is -2.45. The number of nitrogens with one attached hydrogen (secondary N) is 1. The highest BCUT2D eigenvalue weighted by molar-refractivity contribution is 6.36. The molecule has 1 aromatic rings. The van der Waals surface area contributed by atoms with E-state index < -0.39 is 17.9 Å². The quantitative estimate of drug-likeness (QED) is 0.877. The Hall–Kier alpha value is -1.26. The molecule has 2 unspecified atom stereocenters. The maximum absolute atomic E-state index is 12.0. The minimum absolute atomic E-state index is 0.174. The summed E-state index contributed by atoms with van der Waals surface area (Å²) in [5, 5.41) is 12.2. The van der Waals surface area contributed by atoms with E-state index in [1.54, 1.807) is 6.92 Å². The lowest BCUT2D eigenvalue weighted by Gasteiger charge is -2.20. The Morgan fingerprint density at radius 2 is 2.00 bits per heavy atom. The van der Waals surface area contributed by atoms with Gasteiger partial charge in [0, 0.05) is 5.02 Å². The Labute approximate surface area is 121 Å². The molecule has 104 valence electrons. The van der Waals surface area contributed by atoms with Gasteiger partial charge in [-0.3, -0.25) is 4.79 Å². The Morgan fingerprint density at radius 3 is 2.47 bits per heavy atom. The van der Waals surface area contributed by atoms with Gasteiger partial charge < -0.3 is 10.4 Å². The number of carbonyl (C=O) groups is 2. The average Bonchev–Trinajstić information content (AvgIpc) is 2.34. The number of rotatable bonds is 5. The summed E-state index contributed by atoms with van der Waals surface area (Å²) in [5.41, 5.74) is 0.209. The van der Waals surface area contributed by atoms with Crippen LogP contribution in [0.4, 0.5) is 0 Å². The molecule has 0 aliphatic heterocycles. The normalized spacial score (nSPS) is 13.7. The molecule has 0 spiro atoms. The summed E-state index contributed by atoms with van der Waals surface area (Å²) < 4.78 is 0. The molecule has 1 rings (SSSR count). The first kappa shape index (κ1) is 15.8. The molecule has 0 saturated carbocycles. The first-order valence-corrected chi connectivity index (χ1v) is 6.61. The fourth-order valence-electron chi connectivity index (χ4n) is 1.58. The van der Waals surface area contributed by atoms with E-state index in [1.165, 1.54) is 18.2 Å². The van der Waals surface area contributed by atoms with E-state index in [-0.39, 0.29) is 16.5 Å². The fourth-order valence-corrected chi connectivity index (χ4v) is 2.07. The zero-order chi connectivity index (χ0) is 14.6. The van der Waals surface area contributed by atoms with E-state index in [9.17, 15) is 9.59 Å². The van der Waals surface area contributed by atoms with Gasteiger partial charge in [-0.05, 0) is 24.1 Å². The lowest BCUT2D eigenvalue weighted by molar-refractivity contribution is -0.140. The van der Waals surface area contributed by atoms with Gasteiger partial charge in [0.25, 0.3) is 5.91 Å². The minimum atomic E-state index is -1.06. The highest BCUT2D eigenvalue weighted by atomic mass is 35.5. The summed E-state index contributed by atoms with van der Waals surface area (Å²) in [4.78, 5) is 23.1. The van der Waals surface area contributed by atoms with Crippen LogP contribution in [0.3, 0.4) is 0 Å². The van der Waals surface area contributed by atoms with Crippen LogP contribution < -0.4 is 5.32 Å². The van der Waals surface area contributed by atoms with Crippen LogP contribution in [0.5, 0.6) is 0 Å². The van der Waals surface area contributed by atoms with Crippen LogP contribution in [0.2, 0.25) is 10.0 Å². The molecule has 0 aromatic heterocycles. The number of carboxylic acids is 1. The van der Waals surface area contributed by atoms with Crippen molar-refractivity contribution in [3.63, 3.8) is 0 Å². The van der Waals surface area contributed by atoms with Crippen molar-refractivity contribution in [2.75, 3.05) is 0 Å². The number of carbonyl (C=O) groups excluding carboxylic acids is 1.